The van der Waals surface area contributed by atoms with E-state index in [0.717, 1.165) is 43.2 Å². The Kier molecular flexibility index (Phi) is 7.36. The van der Waals surface area contributed by atoms with E-state index in [1.165, 1.54) is 5.56 Å². The van der Waals surface area contributed by atoms with E-state index < -0.39 is 0 Å². The highest BCUT2D eigenvalue weighted by molar-refractivity contribution is 9.10. The second-order valence-corrected chi connectivity index (χ2v) is 6.78. The summed E-state index contributed by atoms with van der Waals surface area (Å²) in [6.45, 7) is 2.53. The number of hydrogen-bond donors (Lipinski definition) is 2. The Morgan fingerprint density at radius 2 is 2.41 bits per heavy atom. The van der Waals surface area contributed by atoms with Crippen LogP contribution in [0.1, 0.15) is 24.8 Å². The zero-order valence-electron chi connectivity index (χ0n) is 13.1. The monoisotopic (exact) mass is 368 g/mol. The Morgan fingerprint density at radius 1 is 1.55 bits per heavy atom. The van der Waals surface area contributed by atoms with Crippen molar-refractivity contribution in [3.8, 4) is 0 Å². The molecule has 0 bridgehead atoms. The van der Waals surface area contributed by atoms with Crippen LogP contribution in [0.15, 0.2) is 28.7 Å². The molecule has 1 aliphatic rings. The predicted molar refractivity (Wildman–Crippen MR) is 91.9 cm³/mol. The van der Waals surface area contributed by atoms with Crippen molar-refractivity contribution in [3.63, 3.8) is 0 Å². The summed E-state index contributed by atoms with van der Waals surface area (Å²) in [4.78, 5) is 12.6. The van der Waals surface area contributed by atoms with Gasteiger partial charge in [-0.3, -0.25) is 4.79 Å². The Labute approximate surface area is 141 Å². The van der Waals surface area contributed by atoms with E-state index in [9.17, 15) is 4.79 Å². The molecule has 1 fully saturated rings. The van der Waals surface area contributed by atoms with Crippen LogP contribution in [-0.2, 0) is 16.0 Å². The van der Waals surface area contributed by atoms with Crippen LogP contribution in [0.25, 0.3) is 0 Å². The molecule has 0 radical (unpaired) electrons. The summed E-state index contributed by atoms with van der Waals surface area (Å²) < 4.78 is 6.22. The van der Waals surface area contributed by atoms with Crippen LogP contribution in [0, 0.1) is 5.92 Å². The lowest BCUT2D eigenvalue weighted by Crippen LogP contribution is -2.47. The highest BCUT2D eigenvalue weighted by Gasteiger charge is 2.22. The van der Waals surface area contributed by atoms with Crippen molar-refractivity contribution in [3.05, 3.63) is 34.3 Å². The predicted octanol–water partition coefficient (Wildman–Crippen LogP) is 2.51. The molecule has 2 unspecified atom stereocenters. The molecule has 2 rings (SSSR count). The molecule has 22 heavy (non-hydrogen) atoms. The smallest absolute Gasteiger partial charge is 0.223 e. The van der Waals surface area contributed by atoms with Gasteiger partial charge < -0.3 is 15.4 Å². The molecule has 1 saturated heterocycles. The minimum atomic E-state index is -0.0452. The minimum Gasteiger partial charge on any atom is -0.385 e. The summed E-state index contributed by atoms with van der Waals surface area (Å²) in [5, 5.41) is 6.53. The van der Waals surface area contributed by atoms with Crippen LogP contribution in [0.2, 0.25) is 0 Å². The lowest BCUT2D eigenvalue weighted by Gasteiger charge is -2.26. The van der Waals surface area contributed by atoms with Gasteiger partial charge in [0.15, 0.2) is 0 Å². The SMILES string of the molecule is COCCC(Cc1cccc(Br)c1)C(=O)NC1CCCNC1. The van der Waals surface area contributed by atoms with Crippen LogP contribution in [0.3, 0.4) is 0 Å². The van der Waals surface area contributed by atoms with Crippen molar-refractivity contribution in [1.82, 2.24) is 10.6 Å². The number of nitrogens with one attached hydrogen (secondary N) is 2. The number of amides is 1. The Morgan fingerprint density at radius 3 is 3.09 bits per heavy atom. The van der Waals surface area contributed by atoms with E-state index in [1.54, 1.807) is 7.11 Å². The molecule has 4 nitrogen and oxygen atoms in total. The third-order valence-corrected chi connectivity index (χ3v) is 4.55. The second kappa shape index (κ2) is 9.28. The molecule has 5 heteroatoms. The fourth-order valence-electron chi connectivity index (χ4n) is 2.83. The van der Waals surface area contributed by atoms with Gasteiger partial charge in [-0.25, -0.2) is 0 Å². The Bertz CT molecular complexity index is 475. The van der Waals surface area contributed by atoms with Gasteiger partial charge >= 0.3 is 0 Å². The quantitative estimate of drug-likeness (QED) is 0.777. The zero-order chi connectivity index (χ0) is 15.8. The molecule has 2 atom stereocenters. The number of piperidine rings is 1. The summed E-state index contributed by atoms with van der Waals surface area (Å²) in [6.07, 6.45) is 3.68. The topological polar surface area (TPSA) is 50.4 Å². The summed E-state index contributed by atoms with van der Waals surface area (Å²) >= 11 is 3.49. The first-order valence-corrected chi connectivity index (χ1v) is 8.73. The van der Waals surface area contributed by atoms with Crippen molar-refractivity contribution in [2.75, 3.05) is 26.8 Å². The van der Waals surface area contributed by atoms with Gasteiger partial charge in [-0.1, -0.05) is 28.1 Å². The number of methoxy groups -OCH3 is 1. The average Bonchev–Trinajstić information content (AvgIpc) is 2.52. The Hall–Kier alpha value is -0.910. The molecule has 0 saturated carbocycles. The fraction of sp³-hybridized carbons (Fsp3) is 0.588. The second-order valence-electron chi connectivity index (χ2n) is 5.86. The van der Waals surface area contributed by atoms with Crippen molar-refractivity contribution in [2.24, 2.45) is 5.92 Å². The number of benzene rings is 1. The molecule has 0 aromatic heterocycles. The normalized spacial score (nSPS) is 19.6. The molecule has 0 spiro atoms. The van der Waals surface area contributed by atoms with Crippen molar-refractivity contribution < 1.29 is 9.53 Å². The minimum absolute atomic E-state index is 0.0452. The van der Waals surface area contributed by atoms with Crippen LogP contribution in [0.4, 0.5) is 0 Å². The number of halogens is 1. The largest absolute Gasteiger partial charge is 0.385 e. The number of rotatable bonds is 7. The van der Waals surface area contributed by atoms with Crippen LogP contribution < -0.4 is 10.6 Å². The van der Waals surface area contributed by atoms with Crippen molar-refractivity contribution >= 4 is 21.8 Å². The summed E-state index contributed by atoms with van der Waals surface area (Å²) in [7, 11) is 1.68. The first-order valence-electron chi connectivity index (χ1n) is 7.93. The maximum Gasteiger partial charge on any atom is 0.223 e. The fourth-order valence-corrected chi connectivity index (χ4v) is 3.28. The molecule has 1 aromatic rings. The molecule has 122 valence electrons. The third kappa shape index (κ3) is 5.71. The molecule has 1 aliphatic heterocycles. The molecule has 0 aliphatic carbocycles. The van der Waals surface area contributed by atoms with Crippen molar-refractivity contribution in [2.45, 2.75) is 31.7 Å². The van der Waals surface area contributed by atoms with Crippen LogP contribution >= 0.6 is 15.9 Å². The van der Waals surface area contributed by atoms with Gasteiger partial charge in [0.2, 0.25) is 5.91 Å². The zero-order valence-corrected chi connectivity index (χ0v) is 14.7. The van der Waals surface area contributed by atoms with Gasteiger partial charge in [-0.15, -0.1) is 0 Å². The van der Waals surface area contributed by atoms with Crippen molar-refractivity contribution in [1.29, 1.82) is 0 Å². The maximum atomic E-state index is 12.6. The summed E-state index contributed by atoms with van der Waals surface area (Å²) in [6, 6.07) is 8.42. The molecule has 1 aromatic carbocycles. The average molecular weight is 369 g/mol. The van der Waals surface area contributed by atoms with E-state index in [4.69, 9.17) is 4.74 Å². The molecule has 1 heterocycles. The van der Waals surface area contributed by atoms with E-state index >= 15 is 0 Å². The number of carbonyl (C=O) groups is 1. The summed E-state index contributed by atoms with van der Waals surface area (Å²) in [5.74, 6) is 0.0990. The summed E-state index contributed by atoms with van der Waals surface area (Å²) in [5.41, 5.74) is 1.17. The molecule has 2 N–H and O–H groups in total. The maximum absolute atomic E-state index is 12.6. The lowest BCUT2D eigenvalue weighted by atomic mass is 9.94. The van der Waals surface area contributed by atoms with Gasteiger partial charge in [0.1, 0.15) is 0 Å². The lowest BCUT2D eigenvalue weighted by molar-refractivity contribution is -0.126. The first-order chi connectivity index (χ1) is 10.7. The highest BCUT2D eigenvalue weighted by atomic mass is 79.9. The standard InChI is InChI=1S/C17H25BrN2O2/c1-22-9-7-14(10-13-4-2-5-15(18)11-13)17(21)20-16-6-3-8-19-12-16/h2,4-5,11,14,16,19H,3,6-10,12H2,1H3,(H,20,21). The van der Waals surface area contributed by atoms with E-state index in [-0.39, 0.29) is 17.9 Å². The van der Waals surface area contributed by atoms with Crippen LogP contribution in [-0.4, -0.2) is 38.8 Å². The van der Waals surface area contributed by atoms with Gasteiger partial charge in [-0.2, -0.15) is 0 Å². The van der Waals surface area contributed by atoms with E-state index in [0.29, 0.717) is 6.61 Å². The molecular formula is C17H25BrN2O2. The van der Waals surface area contributed by atoms with Gasteiger partial charge in [0.05, 0.1) is 0 Å². The molecular weight excluding hydrogens is 344 g/mol. The van der Waals surface area contributed by atoms with E-state index in [1.807, 2.05) is 12.1 Å². The molecule has 1 amide bonds. The van der Waals surface area contributed by atoms with Gasteiger partial charge in [0.25, 0.3) is 0 Å². The number of ether oxygens (including phenoxy) is 1. The first kappa shape index (κ1) is 17.4. The van der Waals surface area contributed by atoms with Crippen LogP contribution in [0.5, 0.6) is 0 Å². The van der Waals surface area contributed by atoms with Gasteiger partial charge in [-0.05, 0) is 49.9 Å². The van der Waals surface area contributed by atoms with E-state index in [2.05, 4.69) is 38.7 Å². The Balaban J connectivity index is 1.96. The highest BCUT2D eigenvalue weighted by Crippen LogP contribution is 2.18. The number of hydrogen-bond acceptors (Lipinski definition) is 3. The third-order valence-electron chi connectivity index (χ3n) is 4.06. The van der Waals surface area contributed by atoms with Gasteiger partial charge in [0, 0.05) is 36.7 Å². The number of carbonyl (C=O) groups excluding carboxylic acids is 1.